The zero-order chi connectivity index (χ0) is 26.4. The summed E-state index contributed by atoms with van der Waals surface area (Å²) in [5, 5.41) is 4.30. The standard InChI is InChI=1S/C30H36N2O4S/c1-6-20-9-8-10-21(7-2)29(20)31-30(37)32-16-15-22-17-27(34-4)28(35-5)18-25(22)26(32)19-36-24-13-11-23(33-3)12-14-24/h8-14,17-18,26H,6-7,15-16,19H2,1-5H3,(H,31,37)/t26-/m0/s1. The van der Waals surface area contributed by atoms with Gasteiger partial charge >= 0.3 is 0 Å². The number of para-hydroxylation sites is 1. The van der Waals surface area contributed by atoms with Crippen molar-refractivity contribution in [2.24, 2.45) is 0 Å². The van der Waals surface area contributed by atoms with Crippen molar-refractivity contribution in [2.75, 3.05) is 39.8 Å². The molecular weight excluding hydrogens is 484 g/mol. The largest absolute Gasteiger partial charge is 0.497 e. The van der Waals surface area contributed by atoms with Gasteiger partial charge in [-0.05, 0) is 90.1 Å². The average molecular weight is 521 g/mol. The summed E-state index contributed by atoms with van der Waals surface area (Å²) in [4.78, 5) is 2.24. The summed E-state index contributed by atoms with van der Waals surface area (Å²) in [5.41, 5.74) is 5.97. The highest BCUT2D eigenvalue weighted by Gasteiger charge is 2.32. The quantitative estimate of drug-likeness (QED) is 0.337. The van der Waals surface area contributed by atoms with Gasteiger partial charge in [0, 0.05) is 12.2 Å². The Morgan fingerprint density at radius 1 is 0.892 bits per heavy atom. The van der Waals surface area contributed by atoms with Gasteiger partial charge in [0.05, 0.1) is 27.4 Å². The highest BCUT2D eigenvalue weighted by molar-refractivity contribution is 7.80. The van der Waals surface area contributed by atoms with Gasteiger partial charge in [-0.2, -0.15) is 0 Å². The van der Waals surface area contributed by atoms with E-state index in [0.717, 1.165) is 54.3 Å². The van der Waals surface area contributed by atoms with Crippen LogP contribution in [0.4, 0.5) is 5.69 Å². The predicted molar refractivity (Wildman–Crippen MR) is 153 cm³/mol. The third-order valence-corrected chi connectivity index (χ3v) is 7.30. The molecule has 0 unspecified atom stereocenters. The summed E-state index contributed by atoms with van der Waals surface area (Å²) in [7, 11) is 4.98. The molecule has 1 atom stereocenters. The first kappa shape index (κ1) is 26.6. The van der Waals surface area contributed by atoms with Crippen LogP contribution in [0, 0.1) is 0 Å². The maximum absolute atomic E-state index is 6.30. The molecule has 6 nitrogen and oxygen atoms in total. The highest BCUT2D eigenvalue weighted by atomic mass is 32.1. The van der Waals surface area contributed by atoms with Crippen molar-refractivity contribution in [3.05, 3.63) is 76.9 Å². The van der Waals surface area contributed by atoms with Crippen LogP contribution in [-0.4, -0.2) is 44.5 Å². The summed E-state index contributed by atoms with van der Waals surface area (Å²) in [6.07, 6.45) is 2.71. The molecule has 4 rings (SSSR count). The van der Waals surface area contributed by atoms with Crippen molar-refractivity contribution in [1.29, 1.82) is 0 Å². The SMILES string of the molecule is CCc1cccc(CC)c1NC(=S)N1CCc2cc(OC)c(OC)cc2[C@@H]1COc1ccc(OC)cc1. The van der Waals surface area contributed by atoms with Crippen LogP contribution in [0.5, 0.6) is 23.0 Å². The molecule has 3 aromatic carbocycles. The first-order valence-corrected chi connectivity index (χ1v) is 13.1. The Morgan fingerprint density at radius 2 is 1.51 bits per heavy atom. The fourth-order valence-corrected chi connectivity index (χ4v) is 5.20. The zero-order valence-corrected chi connectivity index (χ0v) is 23.1. The Labute approximate surface area is 225 Å². The number of aryl methyl sites for hydroxylation is 2. The fraction of sp³-hybridized carbons (Fsp3) is 0.367. The second-order valence-electron chi connectivity index (χ2n) is 8.94. The van der Waals surface area contributed by atoms with Crippen LogP contribution in [0.3, 0.4) is 0 Å². The number of hydrogen-bond donors (Lipinski definition) is 1. The van der Waals surface area contributed by atoms with E-state index in [1.54, 1.807) is 21.3 Å². The molecule has 37 heavy (non-hydrogen) atoms. The van der Waals surface area contributed by atoms with E-state index in [9.17, 15) is 0 Å². The molecule has 1 aliphatic rings. The topological polar surface area (TPSA) is 52.2 Å². The van der Waals surface area contributed by atoms with E-state index >= 15 is 0 Å². The van der Waals surface area contributed by atoms with Gasteiger partial charge in [0.25, 0.3) is 0 Å². The van der Waals surface area contributed by atoms with Gasteiger partial charge in [0.15, 0.2) is 16.6 Å². The van der Waals surface area contributed by atoms with Crippen molar-refractivity contribution in [3.63, 3.8) is 0 Å². The van der Waals surface area contributed by atoms with Crippen molar-refractivity contribution >= 4 is 23.0 Å². The zero-order valence-electron chi connectivity index (χ0n) is 22.3. The highest BCUT2D eigenvalue weighted by Crippen LogP contribution is 2.39. The molecule has 0 amide bonds. The maximum atomic E-state index is 6.30. The minimum absolute atomic E-state index is 0.107. The van der Waals surface area contributed by atoms with Crippen LogP contribution in [0.1, 0.15) is 42.1 Å². The molecule has 1 N–H and O–H groups in total. The van der Waals surface area contributed by atoms with E-state index in [1.807, 2.05) is 24.3 Å². The van der Waals surface area contributed by atoms with Crippen molar-refractivity contribution in [3.8, 4) is 23.0 Å². The average Bonchev–Trinajstić information content (AvgIpc) is 2.95. The monoisotopic (exact) mass is 520 g/mol. The normalized spacial score (nSPS) is 14.5. The summed E-state index contributed by atoms with van der Waals surface area (Å²) in [6.45, 7) is 5.53. The number of hydrogen-bond acceptors (Lipinski definition) is 5. The number of rotatable bonds is 9. The number of benzene rings is 3. The van der Waals surface area contributed by atoms with Gasteiger partial charge < -0.3 is 29.2 Å². The Bertz CT molecular complexity index is 1210. The van der Waals surface area contributed by atoms with Gasteiger partial charge in [-0.25, -0.2) is 0 Å². The molecule has 1 heterocycles. The molecule has 0 saturated carbocycles. The minimum Gasteiger partial charge on any atom is -0.497 e. The fourth-order valence-electron chi connectivity index (χ4n) is 4.88. The van der Waals surface area contributed by atoms with Gasteiger partial charge in [-0.1, -0.05) is 32.0 Å². The first-order valence-electron chi connectivity index (χ1n) is 12.7. The lowest BCUT2D eigenvalue weighted by molar-refractivity contribution is 0.190. The van der Waals surface area contributed by atoms with Crippen molar-refractivity contribution in [1.82, 2.24) is 4.90 Å². The Balaban J connectivity index is 1.67. The maximum Gasteiger partial charge on any atom is 0.174 e. The van der Waals surface area contributed by atoms with E-state index in [-0.39, 0.29) is 6.04 Å². The Morgan fingerprint density at radius 3 is 2.11 bits per heavy atom. The molecule has 0 aliphatic carbocycles. The smallest absolute Gasteiger partial charge is 0.174 e. The third kappa shape index (κ3) is 5.77. The van der Waals surface area contributed by atoms with Crippen molar-refractivity contribution < 1.29 is 18.9 Å². The van der Waals surface area contributed by atoms with Crippen LogP contribution < -0.4 is 24.3 Å². The number of fused-ring (bicyclic) bond motifs is 1. The molecule has 0 fully saturated rings. The number of methoxy groups -OCH3 is 3. The Hall–Kier alpha value is -3.45. The van der Waals surface area contributed by atoms with Gasteiger partial charge in [-0.15, -0.1) is 0 Å². The number of nitrogens with zero attached hydrogens (tertiary/aromatic N) is 1. The minimum atomic E-state index is -0.107. The molecular formula is C30H36N2O4S. The molecule has 0 saturated heterocycles. The second kappa shape index (κ2) is 12.2. The third-order valence-electron chi connectivity index (χ3n) is 6.96. The first-order chi connectivity index (χ1) is 18.0. The molecule has 3 aromatic rings. The van der Waals surface area contributed by atoms with Crippen LogP contribution >= 0.6 is 12.2 Å². The van der Waals surface area contributed by atoms with Gasteiger partial charge in [0.1, 0.15) is 18.1 Å². The van der Waals surface area contributed by atoms with Crippen LogP contribution in [0.2, 0.25) is 0 Å². The van der Waals surface area contributed by atoms with Crippen LogP contribution in [0.25, 0.3) is 0 Å². The molecule has 196 valence electrons. The van der Waals surface area contributed by atoms with Crippen LogP contribution in [-0.2, 0) is 19.3 Å². The molecule has 0 bridgehead atoms. The van der Waals surface area contributed by atoms with E-state index in [0.29, 0.717) is 17.5 Å². The second-order valence-corrected chi connectivity index (χ2v) is 9.33. The van der Waals surface area contributed by atoms with E-state index in [4.69, 9.17) is 31.2 Å². The molecule has 1 aliphatic heterocycles. The summed E-state index contributed by atoms with van der Waals surface area (Å²) >= 11 is 6.04. The lowest BCUT2D eigenvalue weighted by atomic mass is 9.92. The summed E-state index contributed by atoms with van der Waals surface area (Å²) in [5.74, 6) is 2.99. The molecule has 0 radical (unpaired) electrons. The lowest BCUT2D eigenvalue weighted by Gasteiger charge is -2.39. The number of thiocarbonyl (C=S) groups is 1. The molecule has 0 aromatic heterocycles. The number of ether oxygens (including phenoxy) is 4. The molecule has 0 spiro atoms. The molecule has 7 heteroatoms. The van der Waals surface area contributed by atoms with E-state index in [2.05, 4.69) is 54.4 Å². The van der Waals surface area contributed by atoms with Gasteiger partial charge in [-0.3, -0.25) is 0 Å². The van der Waals surface area contributed by atoms with Crippen LogP contribution in [0.15, 0.2) is 54.6 Å². The summed E-state index contributed by atoms with van der Waals surface area (Å²) in [6, 6.07) is 18.1. The van der Waals surface area contributed by atoms with E-state index < -0.39 is 0 Å². The van der Waals surface area contributed by atoms with E-state index in [1.165, 1.54) is 16.7 Å². The summed E-state index contributed by atoms with van der Waals surface area (Å²) < 4.78 is 22.8. The number of nitrogens with one attached hydrogen (secondary N) is 1. The lowest BCUT2D eigenvalue weighted by Crippen LogP contribution is -2.44. The Kier molecular flexibility index (Phi) is 8.77. The predicted octanol–water partition coefficient (Wildman–Crippen LogP) is 6.21. The number of anilines is 1. The van der Waals surface area contributed by atoms with Crippen molar-refractivity contribution in [2.45, 2.75) is 39.2 Å². The van der Waals surface area contributed by atoms with Gasteiger partial charge in [0.2, 0.25) is 0 Å².